The predicted octanol–water partition coefficient (Wildman–Crippen LogP) is 1.99. The van der Waals surface area contributed by atoms with Gasteiger partial charge in [-0.1, -0.05) is 31.4 Å². The van der Waals surface area contributed by atoms with Gasteiger partial charge in [0.15, 0.2) is 5.82 Å². The quantitative estimate of drug-likeness (QED) is 0.767. The van der Waals surface area contributed by atoms with Crippen molar-refractivity contribution in [1.29, 1.82) is 0 Å². The number of nitrogens with two attached hydrogens (primary N) is 1. The number of anilines is 1. The average molecular weight is 259 g/mol. The second-order valence-corrected chi connectivity index (χ2v) is 4.42. The summed E-state index contributed by atoms with van der Waals surface area (Å²) in [7, 11) is 0. The van der Waals surface area contributed by atoms with Crippen molar-refractivity contribution in [3.05, 3.63) is 11.2 Å². The molecule has 0 aliphatic carbocycles. The van der Waals surface area contributed by atoms with Crippen molar-refractivity contribution in [2.45, 2.75) is 39.2 Å². The summed E-state index contributed by atoms with van der Waals surface area (Å²) in [5.74, 6) is 0.178. The standard InChI is InChI=1S/C11H19ClN4O/c1-3-4-5-6-14-11(17)8(2)16-7-9(12)10(13)15-16/h7-8H,3-6H2,1-2H3,(H2,13,15)(H,14,17). The summed E-state index contributed by atoms with van der Waals surface area (Å²) >= 11 is 5.78. The van der Waals surface area contributed by atoms with E-state index < -0.39 is 6.04 Å². The summed E-state index contributed by atoms with van der Waals surface area (Å²) in [6.45, 7) is 4.58. The second kappa shape index (κ2) is 6.49. The number of carbonyl (C=O) groups excluding carboxylic acids is 1. The van der Waals surface area contributed by atoms with Crippen LogP contribution in [-0.4, -0.2) is 22.2 Å². The van der Waals surface area contributed by atoms with E-state index in [-0.39, 0.29) is 11.7 Å². The molecule has 6 heteroatoms. The van der Waals surface area contributed by atoms with Gasteiger partial charge in [-0.3, -0.25) is 9.48 Å². The normalized spacial score (nSPS) is 12.4. The zero-order valence-electron chi connectivity index (χ0n) is 10.2. The second-order valence-electron chi connectivity index (χ2n) is 4.02. The molecule has 0 aliphatic heterocycles. The van der Waals surface area contributed by atoms with Gasteiger partial charge in [0.1, 0.15) is 11.1 Å². The van der Waals surface area contributed by atoms with Crippen LogP contribution in [-0.2, 0) is 4.79 Å². The van der Waals surface area contributed by atoms with Gasteiger partial charge in [-0.25, -0.2) is 0 Å². The van der Waals surface area contributed by atoms with Crippen LogP contribution in [0.25, 0.3) is 0 Å². The summed E-state index contributed by atoms with van der Waals surface area (Å²) < 4.78 is 1.48. The third kappa shape index (κ3) is 3.93. The molecule has 1 rings (SSSR count). The smallest absolute Gasteiger partial charge is 0.244 e. The van der Waals surface area contributed by atoms with Gasteiger partial charge in [-0.2, -0.15) is 5.10 Å². The summed E-state index contributed by atoms with van der Waals surface area (Å²) in [5, 5.41) is 7.21. The van der Waals surface area contributed by atoms with Crippen molar-refractivity contribution < 1.29 is 4.79 Å². The first kappa shape index (κ1) is 13.8. The van der Waals surface area contributed by atoms with Crippen molar-refractivity contribution in [3.63, 3.8) is 0 Å². The number of hydrogen-bond acceptors (Lipinski definition) is 3. The summed E-state index contributed by atoms with van der Waals surface area (Å²) in [5.41, 5.74) is 5.52. The maximum Gasteiger partial charge on any atom is 0.244 e. The number of nitrogen functional groups attached to an aromatic ring is 1. The number of rotatable bonds is 6. The minimum absolute atomic E-state index is 0.0692. The lowest BCUT2D eigenvalue weighted by molar-refractivity contribution is -0.124. The SMILES string of the molecule is CCCCCNC(=O)C(C)n1cc(Cl)c(N)n1. The molecule has 1 atom stereocenters. The Kier molecular flexibility index (Phi) is 5.28. The van der Waals surface area contributed by atoms with E-state index in [1.807, 2.05) is 0 Å². The Balaban J connectivity index is 2.46. The van der Waals surface area contributed by atoms with Crippen LogP contribution in [0.4, 0.5) is 5.82 Å². The molecule has 0 radical (unpaired) electrons. The van der Waals surface area contributed by atoms with Crippen molar-refractivity contribution in [1.82, 2.24) is 15.1 Å². The topological polar surface area (TPSA) is 72.9 Å². The van der Waals surface area contributed by atoms with Gasteiger partial charge in [0.05, 0.1) is 0 Å². The van der Waals surface area contributed by atoms with Crippen LogP contribution in [0.3, 0.4) is 0 Å². The zero-order chi connectivity index (χ0) is 12.8. The first-order valence-corrected chi connectivity index (χ1v) is 6.22. The predicted molar refractivity (Wildman–Crippen MR) is 68.9 cm³/mol. The average Bonchev–Trinajstić information content (AvgIpc) is 2.64. The molecule has 3 N–H and O–H groups in total. The Morgan fingerprint density at radius 1 is 1.65 bits per heavy atom. The van der Waals surface area contributed by atoms with E-state index in [1.165, 1.54) is 4.68 Å². The van der Waals surface area contributed by atoms with E-state index in [2.05, 4.69) is 17.3 Å². The largest absolute Gasteiger partial charge is 0.381 e. The molecule has 1 aromatic heterocycles. The van der Waals surface area contributed by atoms with Gasteiger partial charge >= 0.3 is 0 Å². The molecule has 0 fully saturated rings. The molecule has 0 spiro atoms. The van der Waals surface area contributed by atoms with Crippen LogP contribution < -0.4 is 11.1 Å². The fraction of sp³-hybridized carbons (Fsp3) is 0.636. The number of nitrogens with one attached hydrogen (secondary N) is 1. The molecule has 1 unspecified atom stereocenters. The highest BCUT2D eigenvalue weighted by Crippen LogP contribution is 2.18. The van der Waals surface area contributed by atoms with Gasteiger partial charge in [0.2, 0.25) is 5.91 Å². The summed E-state index contributed by atoms with van der Waals surface area (Å²) in [6.07, 6.45) is 4.82. The first-order chi connectivity index (χ1) is 8.06. The Bertz CT molecular complexity index is 358. The fourth-order valence-corrected chi connectivity index (χ4v) is 1.57. The lowest BCUT2D eigenvalue weighted by Crippen LogP contribution is -2.32. The van der Waals surface area contributed by atoms with Gasteiger partial charge in [-0.15, -0.1) is 0 Å². The molecule has 0 bridgehead atoms. The van der Waals surface area contributed by atoms with Crippen molar-refractivity contribution in [2.24, 2.45) is 0 Å². The monoisotopic (exact) mass is 258 g/mol. The number of aromatic nitrogens is 2. The van der Waals surface area contributed by atoms with Crippen LogP contribution in [0.15, 0.2) is 6.20 Å². The van der Waals surface area contributed by atoms with E-state index in [4.69, 9.17) is 17.3 Å². The number of nitrogens with zero attached hydrogens (tertiary/aromatic N) is 2. The highest BCUT2D eigenvalue weighted by molar-refractivity contribution is 6.32. The third-order valence-electron chi connectivity index (χ3n) is 2.57. The van der Waals surface area contributed by atoms with Gasteiger partial charge in [0.25, 0.3) is 0 Å². The van der Waals surface area contributed by atoms with E-state index in [1.54, 1.807) is 13.1 Å². The van der Waals surface area contributed by atoms with E-state index >= 15 is 0 Å². The molecule has 0 aromatic carbocycles. The van der Waals surface area contributed by atoms with Gasteiger partial charge < -0.3 is 11.1 Å². The number of unbranched alkanes of at least 4 members (excludes halogenated alkanes) is 2. The molecule has 96 valence electrons. The van der Waals surface area contributed by atoms with Gasteiger partial charge in [-0.05, 0) is 13.3 Å². The van der Waals surface area contributed by atoms with Crippen molar-refractivity contribution in [3.8, 4) is 0 Å². The van der Waals surface area contributed by atoms with Crippen LogP contribution in [0.5, 0.6) is 0 Å². The minimum atomic E-state index is -0.397. The molecule has 1 heterocycles. The van der Waals surface area contributed by atoms with Crippen LogP contribution in [0.2, 0.25) is 5.02 Å². The van der Waals surface area contributed by atoms with Crippen LogP contribution in [0.1, 0.15) is 39.2 Å². The third-order valence-corrected chi connectivity index (χ3v) is 2.86. The lowest BCUT2D eigenvalue weighted by atomic mass is 10.2. The Labute approximate surface area is 106 Å². The molecule has 5 nitrogen and oxygen atoms in total. The zero-order valence-corrected chi connectivity index (χ0v) is 11.0. The maximum atomic E-state index is 11.8. The Morgan fingerprint density at radius 3 is 2.88 bits per heavy atom. The molecule has 1 aromatic rings. The number of carbonyl (C=O) groups is 1. The van der Waals surface area contributed by atoms with Gasteiger partial charge in [0, 0.05) is 12.7 Å². The molecular weight excluding hydrogens is 240 g/mol. The van der Waals surface area contributed by atoms with Crippen LogP contribution in [0, 0.1) is 0 Å². The maximum absolute atomic E-state index is 11.8. The van der Waals surface area contributed by atoms with Crippen molar-refractivity contribution in [2.75, 3.05) is 12.3 Å². The molecule has 17 heavy (non-hydrogen) atoms. The summed E-state index contributed by atoms with van der Waals surface area (Å²) in [6, 6.07) is -0.397. The number of amides is 1. The fourth-order valence-electron chi connectivity index (χ4n) is 1.44. The van der Waals surface area contributed by atoms with E-state index in [0.29, 0.717) is 11.6 Å². The molecule has 0 saturated carbocycles. The first-order valence-electron chi connectivity index (χ1n) is 5.84. The number of halogens is 1. The lowest BCUT2D eigenvalue weighted by Gasteiger charge is -2.12. The highest BCUT2D eigenvalue weighted by atomic mass is 35.5. The molecule has 1 amide bonds. The summed E-state index contributed by atoms with van der Waals surface area (Å²) in [4.78, 5) is 11.8. The van der Waals surface area contributed by atoms with Crippen molar-refractivity contribution >= 4 is 23.3 Å². The molecule has 0 saturated heterocycles. The number of hydrogen-bond donors (Lipinski definition) is 2. The Hall–Kier alpha value is -1.23. The van der Waals surface area contributed by atoms with Crippen LogP contribution >= 0.6 is 11.6 Å². The molecule has 0 aliphatic rings. The minimum Gasteiger partial charge on any atom is -0.381 e. The Morgan fingerprint density at radius 2 is 2.35 bits per heavy atom. The highest BCUT2D eigenvalue weighted by Gasteiger charge is 2.16. The van der Waals surface area contributed by atoms with E-state index in [0.717, 1.165) is 19.3 Å². The molecular formula is C11H19ClN4O. The van der Waals surface area contributed by atoms with E-state index in [9.17, 15) is 4.79 Å².